The van der Waals surface area contributed by atoms with Gasteiger partial charge in [0.1, 0.15) is 0 Å². The second-order valence-electron chi connectivity index (χ2n) is 5.89. The van der Waals surface area contributed by atoms with Crippen molar-refractivity contribution in [2.24, 2.45) is 5.92 Å². The monoisotopic (exact) mass is 293 g/mol. The summed E-state index contributed by atoms with van der Waals surface area (Å²) in [7, 11) is 0. The number of carbonyl (C=O) groups excluding carboxylic acids is 2. The van der Waals surface area contributed by atoms with Crippen molar-refractivity contribution in [2.45, 2.75) is 58.1 Å². The molecule has 1 amide bonds. The summed E-state index contributed by atoms with van der Waals surface area (Å²) < 4.78 is 10.3. The van der Waals surface area contributed by atoms with Crippen LogP contribution >= 0.6 is 0 Å². The second kappa shape index (κ2) is 7.29. The molecule has 1 heterocycles. The van der Waals surface area contributed by atoms with Crippen molar-refractivity contribution in [3.05, 3.63) is 24.2 Å². The highest BCUT2D eigenvalue weighted by molar-refractivity contribution is 5.90. The summed E-state index contributed by atoms with van der Waals surface area (Å²) in [4.78, 5) is 24.3. The minimum Gasteiger partial charge on any atom is -0.457 e. The van der Waals surface area contributed by atoms with Crippen LogP contribution in [0.1, 0.15) is 56.5 Å². The van der Waals surface area contributed by atoms with E-state index in [-0.39, 0.29) is 23.6 Å². The number of amides is 1. The zero-order chi connectivity index (χ0) is 15.2. The Morgan fingerprint density at radius 1 is 1.29 bits per heavy atom. The molecular formula is C16H23NO4. The van der Waals surface area contributed by atoms with E-state index in [2.05, 4.69) is 5.32 Å². The molecule has 0 unspecified atom stereocenters. The molecule has 5 heteroatoms. The SMILES string of the molecule is CC(C)[C@@H](OC(=O)c1ccco1)C(=O)NC1CCCCC1. The first-order chi connectivity index (χ1) is 10.1. The second-order valence-corrected chi connectivity index (χ2v) is 5.89. The Labute approximate surface area is 125 Å². The van der Waals surface area contributed by atoms with Gasteiger partial charge in [-0.25, -0.2) is 4.79 Å². The van der Waals surface area contributed by atoms with Crippen LogP contribution in [-0.4, -0.2) is 24.0 Å². The molecule has 1 atom stereocenters. The lowest BCUT2D eigenvalue weighted by Gasteiger charge is -2.26. The lowest BCUT2D eigenvalue weighted by molar-refractivity contribution is -0.133. The number of hydrogen-bond donors (Lipinski definition) is 1. The Kier molecular flexibility index (Phi) is 5.42. The van der Waals surface area contributed by atoms with Gasteiger partial charge in [0.25, 0.3) is 5.91 Å². The molecule has 0 aliphatic heterocycles. The van der Waals surface area contributed by atoms with Crippen molar-refractivity contribution < 1.29 is 18.7 Å². The molecule has 2 rings (SSSR count). The van der Waals surface area contributed by atoms with Gasteiger partial charge in [0.15, 0.2) is 6.10 Å². The number of carbonyl (C=O) groups is 2. The molecule has 1 aliphatic rings. The van der Waals surface area contributed by atoms with Gasteiger partial charge in [0.05, 0.1) is 6.26 Å². The molecule has 0 radical (unpaired) electrons. The predicted octanol–water partition coefficient (Wildman–Crippen LogP) is 2.91. The zero-order valence-electron chi connectivity index (χ0n) is 12.6. The quantitative estimate of drug-likeness (QED) is 0.848. The molecule has 0 spiro atoms. The fourth-order valence-electron chi connectivity index (χ4n) is 2.59. The van der Waals surface area contributed by atoms with E-state index in [1.165, 1.54) is 18.8 Å². The summed E-state index contributed by atoms with van der Waals surface area (Å²) in [5.41, 5.74) is 0. The van der Waals surface area contributed by atoms with Crippen LogP contribution in [0.5, 0.6) is 0 Å². The third-order valence-electron chi connectivity index (χ3n) is 3.77. The molecule has 1 N–H and O–H groups in total. The van der Waals surface area contributed by atoms with Gasteiger partial charge in [0, 0.05) is 6.04 Å². The molecule has 0 saturated heterocycles. The Morgan fingerprint density at radius 2 is 2.00 bits per heavy atom. The molecule has 1 fully saturated rings. The van der Waals surface area contributed by atoms with E-state index in [4.69, 9.17) is 9.15 Å². The molecular weight excluding hydrogens is 270 g/mol. The molecule has 0 aromatic carbocycles. The summed E-state index contributed by atoms with van der Waals surface area (Å²) in [6, 6.07) is 3.34. The lowest BCUT2D eigenvalue weighted by Crippen LogP contribution is -2.46. The van der Waals surface area contributed by atoms with E-state index in [0.29, 0.717) is 0 Å². The Balaban J connectivity index is 1.94. The summed E-state index contributed by atoms with van der Waals surface area (Å²) in [6.07, 6.45) is 6.14. The highest BCUT2D eigenvalue weighted by Crippen LogP contribution is 2.18. The minimum atomic E-state index is -0.787. The smallest absolute Gasteiger partial charge is 0.375 e. The van der Waals surface area contributed by atoms with Crippen LogP contribution in [0.3, 0.4) is 0 Å². The number of hydrogen-bond acceptors (Lipinski definition) is 4. The summed E-state index contributed by atoms with van der Waals surface area (Å²) in [5.74, 6) is -0.784. The third-order valence-corrected chi connectivity index (χ3v) is 3.77. The summed E-state index contributed by atoms with van der Waals surface area (Å²) in [5, 5.41) is 3.00. The molecule has 0 bridgehead atoms. The van der Waals surface area contributed by atoms with Crippen molar-refractivity contribution in [1.29, 1.82) is 0 Å². The maximum atomic E-state index is 12.3. The van der Waals surface area contributed by atoms with Crippen LogP contribution in [-0.2, 0) is 9.53 Å². The normalized spacial score (nSPS) is 17.5. The largest absolute Gasteiger partial charge is 0.457 e. The lowest BCUT2D eigenvalue weighted by atomic mass is 9.95. The first kappa shape index (κ1) is 15.6. The van der Waals surface area contributed by atoms with Crippen LogP contribution in [0.2, 0.25) is 0 Å². The van der Waals surface area contributed by atoms with Gasteiger partial charge in [-0.1, -0.05) is 33.1 Å². The van der Waals surface area contributed by atoms with Gasteiger partial charge in [-0.15, -0.1) is 0 Å². The van der Waals surface area contributed by atoms with Crippen molar-refractivity contribution >= 4 is 11.9 Å². The van der Waals surface area contributed by atoms with E-state index in [1.54, 1.807) is 6.07 Å². The topological polar surface area (TPSA) is 68.5 Å². The Bertz CT molecular complexity index is 461. The van der Waals surface area contributed by atoms with Gasteiger partial charge in [-0.05, 0) is 30.9 Å². The van der Waals surface area contributed by atoms with E-state index in [0.717, 1.165) is 25.7 Å². The average molecular weight is 293 g/mol. The van der Waals surface area contributed by atoms with Gasteiger partial charge in [-0.3, -0.25) is 4.79 Å². The van der Waals surface area contributed by atoms with Crippen molar-refractivity contribution in [3.8, 4) is 0 Å². The fourth-order valence-corrected chi connectivity index (χ4v) is 2.59. The highest BCUT2D eigenvalue weighted by atomic mass is 16.6. The summed E-state index contributed by atoms with van der Waals surface area (Å²) >= 11 is 0. The van der Waals surface area contributed by atoms with Crippen molar-refractivity contribution in [2.75, 3.05) is 0 Å². The van der Waals surface area contributed by atoms with E-state index in [1.807, 2.05) is 13.8 Å². The van der Waals surface area contributed by atoms with Gasteiger partial charge in [0.2, 0.25) is 5.76 Å². The molecule has 5 nitrogen and oxygen atoms in total. The Morgan fingerprint density at radius 3 is 2.57 bits per heavy atom. The fraction of sp³-hybridized carbons (Fsp3) is 0.625. The van der Waals surface area contributed by atoms with E-state index in [9.17, 15) is 9.59 Å². The molecule has 116 valence electrons. The van der Waals surface area contributed by atoms with Gasteiger partial charge >= 0.3 is 5.97 Å². The number of rotatable bonds is 5. The molecule has 1 aromatic rings. The van der Waals surface area contributed by atoms with Gasteiger partial charge in [-0.2, -0.15) is 0 Å². The predicted molar refractivity (Wildman–Crippen MR) is 77.8 cm³/mol. The van der Waals surface area contributed by atoms with Crippen LogP contribution in [0.15, 0.2) is 22.8 Å². The third kappa shape index (κ3) is 4.34. The van der Waals surface area contributed by atoms with E-state index < -0.39 is 12.1 Å². The highest BCUT2D eigenvalue weighted by Gasteiger charge is 2.29. The molecule has 21 heavy (non-hydrogen) atoms. The zero-order valence-corrected chi connectivity index (χ0v) is 12.6. The van der Waals surface area contributed by atoms with Crippen molar-refractivity contribution in [1.82, 2.24) is 5.32 Å². The number of esters is 1. The van der Waals surface area contributed by atoms with Crippen LogP contribution < -0.4 is 5.32 Å². The number of ether oxygens (including phenoxy) is 1. The van der Waals surface area contributed by atoms with Crippen LogP contribution in [0.25, 0.3) is 0 Å². The standard InChI is InChI=1S/C16H23NO4/c1-11(2)14(21-16(19)13-9-6-10-20-13)15(18)17-12-7-4-3-5-8-12/h6,9-12,14H,3-5,7-8H2,1-2H3,(H,17,18)/t14-/m1/s1. The molecule has 1 aliphatic carbocycles. The average Bonchev–Trinajstić information content (AvgIpc) is 2.99. The number of furan rings is 1. The maximum Gasteiger partial charge on any atom is 0.375 e. The first-order valence-corrected chi connectivity index (χ1v) is 7.63. The van der Waals surface area contributed by atoms with Crippen LogP contribution in [0.4, 0.5) is 0 Å². The number of nitrogens with one attached hydrogen (secondary N) is 1. The molecule has 1 saturated carbocycles. The minimum absolute atomic E-state index is 0.0903. The van der Waals surface area contributed by atoms with Crippen molar-refractivity contribution in [3.63, 3.8) is 0 Å². The Hall–Kier alpha value is -1.78. The van der Waals surface area contributed by atoms with Gasteiger partial charge < -0.3 is 14.5 Å². The van der Waals surface area contributed by atoms with E-state index >= 15 is 0 Å². The van der Waals surface area contributed by atoms with Crippen LogP contribution in [0, 0.1) is 5.92 Å². The summed E-state index contributed by atoms with van der Waals surface area (Å²) in [6.45, 7) is 3.72. The molecule has 1 aromatic heterocycles. The first-order valence-electron chi connectivity index (χ1n) is 7.63. The maximum absolute atomic E-state index is 12.3.